The minimum Gasteiger partial charge on any atom is -0.463 e. The molecule has 3 rings (SSSR count). The maximum atomic E-state index is 5.74. The number of benzene rings is 1. The molecule has 2 N–H and O–H groups in total. The summed E-state index contributed by atoms with van der Waals surface area (Å²) in [5, 5.41) is 8.33. The highest BCUT2D eigenvalue weighted by Gasteiger charge is 2.17. The van der Waals surface area contributed by atoms with E-state index in [-0.39, 0.29) is 0 Å². The normalized spacial score (nSPS) is 10.9. The molecule has 0 amide bonds. The summed E-state index contributed by atoms with van der Waals surface area (Å²) in [7, 11) is 0. The molecule has 0 aliphatic heterocycles. The lowest BCUT2D eigenvalue weighted by Gasteiger charge is -2.06. The van der Waals surface area contributed by atoms with Crippen LogP contribution in [0.15, 0.2) is 47.1 Å². The largest absolute Gasteiger partial charge is 0.463 e. The molecule has 0 fully saturated rings. The summed E-state index contributed by atoms with van der Waals surface area (Å²) in [6.07, 6.45) is 2.64. The van der Waals surface area contributed by atoms with Crippen LogP contribution < -0.4 is 5.73 Å². The van der Waals surface area contributed by atoms with Crippen LogP contribution >= 0.6 is 0 Å². The summed E-state index contributed by atoms with van der Waals surface area (Å²) in [6.45, 7) is 2.45. The Hall–Kier alpha value is -2.40. The van der Waals surface area contributed by atoms with E-state index in [1.807, 2.05) is 24.3 Å². The van der Waals surface area contributed by atoms with Gasteiger partial charge in [0.25, 0.3) is 0 Å². The zero-order chi connectivity index (χ0) is 13.9. The number of rotatable bonds is 4. The van der Waals surface area contributed by atoms with Crippen LogP contribution in [0, 0.1) is 0 Å². The van der Waals surface area contributed by atoms with Gasteiger partial charge in [-0.1, -0.05) is 24.3 Å². The molecule has 0 spiro atoms. The van der Waals surface area contributed by atoms with Crippen LogP contribution in [-0.4, -0.2) is 15.0 Å². The minimum atomic E-state index is 0.322. The number of nitrogens with zero attached hydrogens (tertiary/aromatic N) is 3. The Morgan fingerprint density at radius 2 is 2.00 bits per heavy atom. The standard InChI is InChI=1S/C15H16N4O/c1-2-11-5-7-12(8-6-11)19-15(13(10-16)17-18-19)14-4-3-9-20-14/h3-9H,2,10,16H2,1H3. The van der Waals surface area contributed by atoms with Crippen molar-refractivity contribution in [2.24, 2.45) is 5.73 Å². The smallest absolute Gasteiger partial charge is 0.154 e. The number of furan rings is 1. The topological polar surface area (TPSA) is 69.9 Å². The fourth-order valence-electron chi connectivity index (χ4n) is 2.16. The molecule has 3 aromatic rings. The third kappa shape index (κ3) is 2.12. The first-order chi connectivity index (χ1) is 9.83. The second-order valence-electron chi connectivity index (χ2n) is 4.50. The molecule has 0 aliphatic rings. The van der Waals surface area contributed by atoms with Gasteiger partial charge in [0.1, 0.15) is 11.4 Å². The molecule has 5 nitrogen and oxygen atoms in total. The van der Waals surface area contributed by atoms with E-state index in [1.165, 1.54) is 5.56 Å². The Bertz CT molecular complexity index is 683. The summed E-state index contributed by atoms with van der Waals surface area (Å²) in [6, 6.07) is 12.0. The van der Waals surface area contributed by atoms with Gasteiger partial charge in [0.15, 0.2) is 5.76 Å². The summed E-state index contributed by atoms with van der Waals surface area (Å²) in [4.78, 5) is 0. The van der Waals surface area contributed by atoms with Crippen LogP contribution in [0.2, 0.25) is 0 Å². The molecule has 0 radical (unpaired) electrons. The lowest BCUT2D eigenvalue weighted by atomic mass is 10.1. The van der Waals surface area contributed by atoms with E-state index < -0.39 is 0 Å². The molecule has 102 valence electrons. The maximum Gasteiger partial charge on any atom is 0.154 e. The van der Waals surface area contributed by atoms with Gasteiger partial charge in [-0.3, -0.25) is 0 Å². The molecule has 1 aromatic carbocycles. The number of hydrogen-bond acceptors (Lipinski definition) is 4. The van der Waals surface area contributed by atoms with Gasteiger partial charge in [-0.05, 0) is 36.2 Å². The van der Waals surface area contributed by atoms with Gasteiger partial charge in [0.05, 0.1) is 12.0 Å². The van der Waals surface area contributed by atoms with E-state index in [0.717, 1.165) is 29.3 Å². The summed E-state index contributed by atoms with van der Waals surface area (Å²) in [5.41, 5.74) is 9.50. The fourth-order valence-corrected chi connectivity index (χ4v) is 2.16. The Balaban J connectivity index is 2.11. The van der Waals surface area contributed by atoms with Crippen LogP contribution in [0.4, 0.5) is 0 Å². The van der Waals surface area contributed by atoms with Gasteiger partial charge in [0, 0.05) is 6.54 Å². The monoisotopic (exact) mass is 268 g/mol. The average Bonchev–Trinajstić information content (AvgIpc) is 3.15. The van der Waals surface area contributed by atoms with E-state index in [4.69, 9.17) is 10.2 Å². The lowest BCUT2D eigenvalue weighted by Crippen LogP contribution is -2.02. The predicted octanol–water partition coefficient (Wildman–Crippen LogP) is 2.55. The van der Waals surface area contributed by atoms with Crippen molar-refractivity contribution in [1.29, 1.82) is 0 Å². The Morgan fingerprint density at radius 3 is 2.60 bits per heavy atom. The van der Waals surface area contributed by atoms with E-state index in [0.29, 0.717) is 6.54 Å². The Labute approximate surface area is 117 Å². The highest BCUT2D eigenvalue weighted by atomic mass is 16.3. The Morgan fingerprint density at radius 1 is 1.20 bits per heavy atom. The molecular weight excluding hydrogens is 252 g/mol. The summed E-state index contributed by atoms with van der Waals surface area (Å²) < 4.78 is 7.24. The third-order valence-corrected chi connectivity index (χ3v) is 3.28. The van der Waals surface area contributed by atoms with Crippen LogP contribution in [0.3, 0.4) is 0 Å². The van der Waals surface area contributed by atoms with E-state index in [2.05, 4.69) is 29.4 Å². The van der Waals surface area contributed by atoms with Gasteiger partial charge in [-0.25, -0.2) is 4.68 Å². The second kappa shape index (κ2) is 5.30. The van der Waals surface area contributed by atoms with Crippen LogP contribution in [-0.2, 0) is 13.0 Å². The molecule has 0 bridgehead atoms. The number of hydrogen-bond donors (Lipinski definition) is 1. The van der Waals surface area contributed by atoms with Crippen molar-refractivity contribution in [3.8, 4) is 17.1 Å². The van der Waals surface area contributed by atoms with Crippen LogP contribution in [0.5, 0.6) is 0 Å². The van der Waals surface area contributed by atoms with E-state index >= 15 is 0 Å². The van der Waals surface area contributed by atoms with Crippen molar-refractivity contribution >= 4 is 0 Å². The van der Waals surface area contributed by atoms with Gasteiger partial charge in [-0.15, -0.1) is 5.10 Å². The second-order valence-corrected chi connectivity index (χ2v) is 4.50. The van der Waals surface area contributed by atoms with Crippen molar-refractivity contribution < 1.29 is 4.42 Å². The summed E-state index contributed by atoms with van der Waals surface area (Å²) in [5.74, 6) is 0.718. The fraction of sp³-hybridized carbons (Fsp3) is 0.200. The third-order valence-electron chi connectivity index (χ3n) is 3.28. The first-order valence-electron chi connectivity index (χ1n) is 6.61. The van der Waals surface area contributed by atoms with Crippen LogP contribution in [0.25, 0.3) is 17.1 Å². The molecule has 0 unspecified atom stereocenters. The first kappa shape index (κ1) is 12.6. The molecule has 0 atom stereocenters. The quantitative estimate of drug-likeness (QED) is 0.789. The van der Waals surface area contributed by atoms with Crippen molar-refractivity contribution in [3.63, 3.8) is 0 Å². The molecule has 0 saturated carbocycles. The number of aromatic nitrogens is 3. The van der Waals surface area contributed by atoms with Gasteiger partial charge in [-0.2, -0.15) is 0 Å². The maximum absolute atomic E-state index is 5.74. The van der Waals surface area contributed by atoms with Gasteiger partial charge in [0.2, 0.25) is 0 Å². The molecule has 20 heavy (non-hydrogen) atoms. The minimum absolute atomic E-state index is 0.322. The molecule has 2 aromatic heterocycles. The van der Waals surface area contributed by atoms with Crippen molar-refractivity contribution in [2.45, 2.75) is 19.9 Å². The van der Waals surface area contributed by atoms with Crippen molar-refractivity contribution in [3.05, 3.63) is 53.9 Å². The zero-order valence-electron chi connectivity index (χ0n) is 11.3. The number of aryl methyl sites for hydroxylation is 1. The summed E-state index contributed by atoms with van der Waals surface area (Å²) >= 11 is 0. The van der Waals surface area contributed by atoms with Gasteiger partial charge < -0.3 is 10.2 Å². The van der Waals surface area contributed by atoms with E-state index in [1.54, 1.807) is 10.9 Å². The average molecular weight is 268 g/mol. The Kier molecular flexibility index (Phi) is 3.35. The molecule has 2 heterocycles. The van der Waals surface area contributed by atoms with Crippen LogP contribution in [0.1, 0.15) is 18.2 Å². The van der Waals surface area contributed by atoms with Crippen molar-refractivity contribution in [1.82, 2.24) is 15.0 Å². The molecule has 0 aliphatic carbocycles. The molecule has 0 saturated heterocycles. The SMILES string of the molecule is CCc1ccc(-n2nnc(CN)c2-c2ccco2)cc1. The number of nitrogens with two attached hydrogens (primary N) is 1. The van der Waals surface area contributed by atoms with Gasteiger partial charge >= 0.3 is 0 Å². The first-order valence-corrected chi connectivity index (χ1v) is 6.61. The zero-order valence-corrected chi connectivity index (χ0v) is 11.3. The molecule has 5 heteroatoms. The molecular formula is C15H16N4O. The predicted molar refractivity (Wildman–Crippen MR) is 76.3 cm³/mol. The lowest BCUT2D eigenvalue weighted by molar-refractivity contribution is 0.576. The highest BCUT2D eigenvalue weighted by molar-refractivity contribution is 5.58. The van der Waals surface area contributed by atoms with E-state index in [9.17, 15) is 0 Å². The van der Waals surface area contributed by atoms with Crippen molar-refractivity contribution in [2.75, 3.05) is 0 Å². The highest BCUT2D eigenvalue weighted by Crippen LogP contribution is 2.25.